The van der Waals surface area contributed by atoms with E-state index in [4.69, 9.17) is 0 Å². The molecule has 2 N–H and O–H groups in total. The Kier molecular flexibility index (Phi) is 6.22. The highest BCUT2D eigenvalue weighted by molar-refractivity contribution is 5.94. The Hall–Kier alpha value is -1.88. The molecule has 0 radical (unpaired) electrons. The van der Waals surface area contributed by atoms with Gasteiger partial charge in [-0.3, -0.25) is 9.59 Å². The maximum atomic E-state index is 12.5. The van der Waals surface area contributed by atoms with Crippen LogP contribution in [0.5, 0.6) is 0 Å². The van der Waals surface area contributed by atoms with Crippen molar-refractivity contribution in [3.63, 3.8) is 0 Å². The minimum atomic E-state index is -0.227. The minimum absolute atomic E-state index is 0.0134. The second kappa shape index (κ2) is 8.00. The van der Waals surface area contributed by atoms with Crippen LogP contribution in [0.3, 0.4) is 0 Å². The number of carbonyl (C=O) groups excluding carboxylic acids is 2. The molecule has 25 heavy (non-hydrogen) atoms. The molecule has 1 aromatic rings. The third-order valence-electron chi connectivity index (χ3n) is 5.25. The van der Waals surface area contributed by atoms with Crippen molar-refractivity contribution in [1.82, 2.24) is 10.2 Å². The first-order valence-corrected chi connectivity index (χ1v) is 9.02. The van der Waals surface area contributed by atoms with E-state index in [1.807, 2.05) is 32.9 Å². The summed E-state index contributed by atoms with van der Waals surface area (Å²) in [6, 6.07) is 7.38. The second-order valence-electron chi connectivity index (χ2n) is 7.78. The summed E-state index contributed by atoms with van der Waals surface area (Å²) < 4.78 is 0. The lowest BCUT2D eigenvalue weighted by molar-refractivity contribution is -0.133. The summed E-state index contributed by atoms with van der Waals surface area (Å²) >= 11 is 0. The van der Waals surface area contributed by atoms with E-state index in [2.05, 4.69) is 5.32 Å². The fourth-order valence-electron chi connectivity index (χ4n) is 3.46. The summed E-state index contributed by atoms with van der Waals surface area (Å²) in [5, 5.41) is 12.7. The molecule has 0 heterocycles. The highest BCUT2D eigenvalue weighted by Crippen LogP contribution is 2.37. The fourth-order valence-corrected chi connectivity index (χ4v) is 3.46. The number of nitrogens with one attached hydrogen (secondary N) is 1. The van der Waals surface area contributed by atoms with E-state index in [9.17, 15) is 14.7 Å². The summed E-state index contributed by atoms with van der Waals surface area (Å²) in [6.45, 7) is 6.41. The molecular formula is C20H30N2O3. The molecule has 2 atom stereocenters. The van der Waals surface area contributed by atoms with Crippen LogP contribution in [0.2, 0.25) is 0 Å². The highest BCUT2D eigenvalue weighted by Gasteiger charge is 2.39. The zero-order chi connectivity index (χ0) is 18.6. The number of aliphatic hydroxyl groups excluding tert-OH is 1. The van der Waals surface area contributed by atoms with Gasteiger partial charge in [-0.2, -0.15) is 0 Å². The quantitative estimate of drug-likeness (QED) is 0.832. The Morgan fingerprint density at radius 3 is 2.52 bits per heavy atom. The van der Waals surface area contributed by atoms with Crippen molar-refractivity contribution >= 4 is 11.8 Å². The van der Waals surface area contributed by atoms with Crippen molar-refractivity contribution in [2.75, 3.05) is 13.7 Å². The standard InChI is InChI=1S/C20H30N2O3/c1-14(2)19(25)22(4)12-15-7-9-16(10-8-15)18(24)21-17-6-5-11-20(17,3)13-23/h7-10,14,17,23H,5-6,11-13H2,1-4H3,(H,21,24). The van der Waals surface area contributed by atoms with Crippen LogP contribution in [0.4, 0.5) is 0 Å². The van der Waals surface area contributed by atoms with Crippen LogP contribution in [-0.2, 0) is 11.3 Å². The molecule has 0 spiro atoms. The number of rotatable bonds is 6. The molecule has 0 aromatic heterocycles. The van der Waals surface area contributed by atoms with Crippen molar-refractivity contribution in [3.8, 4) is 0 Å². The predicted octanol–water partition coefficient (Wildman–Crippen LogP) is 2.58. The summed E-state index contributed by atoms with van der Waals surface area (Å²) in [6.07, 6.45) is 2.86. The number of carbonyl (C=O) groups is 2. The molecule has 2 amide bonds. The number of benzene rings is 1. The van der Waals surface area contributed by atoms with Crippen LogP contribution in [-0.4, -0.2) is 41.5 Å². The Balaban J connectivity index is 1.97. The molecule has 1 aliphatic rings. The third-order valence-corrected chi connectivity index (χ3v) is 5.25. The maximum absolute atomic E-state index is 12.5. The van der Waals surface area contributed by atoms with Crippen molar-refractivity contribution in [1.29, 1.82) is 0 Å². The molecule has 5 heteroatoms. The van der Waals surface area contributed by atoms with E-state index >= 15 is 0 Å². The second-order valence-corrected chi connectivity index (χ2v) is 7.78. The molecule has 1 aliphatic carbocycles. The lowest BCUT2D eigenvalue weighted by Crippen LogP contribution is -2.44. The molecule has 2 rings (SSSR count). The van der Waals surface area contributed by atoms with Gasteiger partial charge in [0, 0.05) is 36.5 Å². The molecule has 0 aliphatic heterocycles. The van der Waals surface area contributed by atoms with Crippen LogP contribution < -0.4 is 5.32 Å². The van der Waals surface area contributed by atoms with Crippen molar-refractivity contribution < 1.29 is 14.7 Å². The molecule has 1 saturated carbocycles. The van der Waals surface area contributed by atoms with E-state index in [1.54, 1.807) is 24.1 Å². The fraction of sp³-hybridized carbons (Fsp3) is 0.600. The minimum Gasteiger partial charge on any atom is -0.396 e. The third kappa shape index (κ3) is 4.60. The summed E-state index contributed by atoms with van der Waals surface area (Å²) in [5.74, 6) is -0.0293. The van der Waals surface area contributed by atoms with Crippen molar-refractivity contribution in [2.24, 2.45) is 11.3 Å². The van der Waals surface area contributed by atoms with Crippen molar-refractivity contribution in [3.05, 3.63) is 35.4 Å². The van der Waals surface area contributed by atoms with Gasteiger partial charge in [-0.05, 0) is 30.5 Å². The van der Waals surface area contributed by atoms with Gasteiger partial charge in [0.1, 0.15) is 0 Å². The average molecular weight is 346 g/mol. The predicted molar refractivity (Wildman–Crippen MR) is 98.1 cm³/mol. The first-order valence-electron chi connectivity index (χ1n) is 9.02. The van der Waals surface area contributed by atoms with Gasteiger partial charge in [0.05, 0.1) is 6.61 Å². The zero-order valence-corrected chi connectivity index (χ0v) is 15.7. The highest BCUT2D eigenvalue weighted by atomic mass is 16.3. The lowest BCUT2D eigenvalue weighted by atomic mass is 9.85. The Labute approximate surface area is 150 Å². The molecule has 1 fully saturated rings. The van der Waals surface area contributed by atoms with E-state index in [0.717, 1.165) is 24.8 Å². The summed E-state index contributed by atoms with van der Waals surface area (Å²) in [7, 11) is 1.79. The maximum Gasteiger partial charge on any atom is 0.251 e. The first kappa shape index (κ1) is 19.4. The van der Waals surface area contributed by atoms with Gasteiger partial charge >= 0.3 is 0 Å². The molecular weight excluding hydrogens is 316 g/mol. The van der Waals surface area contributed by atoms with E-state index in [1.165, 1.54) is 0 Å². The smallest absolute Gasteiger partial charge is 0.251 e. The molecule has 5 nitrogen and oxygen atoms in total. The van der Waals surface area contributed by atoms with Gasteiger partial charge in [-0.25, -0.2) is 0 Å². The summed E-state index contributed by atoms with van der Waals surface area (Å²) in [5.41, 5.74) is 1.37. The molecule has 2 unspecified atom stereocenters. The monoisotopic (exact) mass is 346 g/mol. The van der Waals surface area contributed by atoms with Gasteiger partial charge < -0.3 is 15.3 Å². The van der Waals surface area contributed by atoms with Crippen LogP contribution in [0.15, 0.2) is 24.3 Å². The van der Waals surface area contributed by atoms with Gasteiger partial charge in [0.15, 0.2) is 0 Å². The normalized spacial score (nSPS) is 22.9. The van der Waals surface area contributed by atoms with Gasteiger partial charge in [-0.15, -0.1) is 0 Å². The van der Waals surface area contributed by atoms with Gasteiger partial charge in [0.2, 0.25) is 5.91 Å². The molecule has 0 saturated heterocycles. The largest absolute Gasteiger partial charge is 0.396 e. The topological polar surface area (TPSA) is 69.6 Å². The van der Waals surface area contributed by atoms with Crippen LogP contribution in [0.25, 0.3) is 0 Å². The first-order chi connectivity index (χ1) is 11.8. The Morgan fingerprint density at radius 2 is 1.96 bits per heavy atom. The number of amides is 2. The SMILES string of the molecule is CC(C)C(=O)N(C)Cc1ccc(C(=O)NC2CCCC2(C)CO)cc1. The Morgan fingerprint density at radius 1 is 1.32 bits per heavy atom. The Bertz CT molecular complexity index is 612. The van der Waals surface area contributed by atoms with Crippen molar-refractivity contribution in [2.45, 2.75) is 52.6 Å². The van der Waals surface area contributed by atoms with Gasteiger partial charge in [0.25, 0.3) is 5.91 Å². The number of hydrogen-bond acceptors (Lipinski definition) is 3. The molecule has 0 bridgehead atoms. The molecule has 138 valence electrons. The number of nitrogens with zero attached hydrogens (tertiary/aromatic N) is 1. The van der Waals surface area contributed by atoms with Gasteiger partial charge in [-0.1, -0.05) is 39.3 Å². The van der Waals surface area contributed by atoms with E-state index in [0.29, 0.717) is 12.1 Å². The van der Waals surface area contributed by atoms with E-state index < -0.39 is 0 Å². The number of hydrogen-bond donors (Lipinski definition) is 2. The van der Waals surface area contributed by atoms with Crippen LogP contribution >= 0.6 is 0 Å². The molecule has 1 aromatic carbocycles. The van der Waals surface area contributed by atoms with E-state index in [-0.39, 0.29) is 35.8 Å². The zero-order valence-electron chi connectivity index (χ0n) is 15.7. The van der Waals surface area contributed by atoms with Crippen LogP contribution in [0.1, 0.15) is 56.0 Å². The lowest BCUT2D eigenvalue weighted by Gasteiger charge is -2.30. The van der Waals surface area contributed by atoms with Crippen LogP contribution in [0, 0.1) is 11.3 Å². The number of aliphatic hydroxyl groups is 1. The average Bonchev–Trinajstić information content (AvgIpc) is 2.95. The summed E-state index contributed by atoms with van der Waals surface area (Å²) in [4.78, 5) is 26.1.